The van der Waals surface area contributed by atoms with Gasteiger partial charge in [0.1, 0.15) is 0 Å². The van der Waals surface area contributed by atoms with Crippen molar-refractivity contribution < 1.29 is 10.2 Å². The van der Waals surface area contributed by atoms with Gasteiger partial charge in [0.2, 0.25) is 0 Å². The van der Waals surface area contributed by atoms with Crippen molar-refractivity contribution in [2.45, 2.75) is 18.6 Å². The lowest BCUT2D eigenvalue weighted by Crippen LogP contribution is -2.45. The summed E-state index contributed by atoms with van der Waals surface area (Å²) in [5.74, 6) is 0. The highest BCUT2D eigenvalue weighted by atomic mass is 16.3. The smallest absolute Gasteiger partial charge is 0.0740 e. The largest absolute Gasteiger partial charge is 0.397 e. The summed E-state index contributed by atoms with van der Waals surface area (Å²) in [6.07, 6.45) is 2.71. The lowest BCUT2D eigenvalue weighted by molar-refractivity contribution is 0.0651. The van der Waals surface area contributed by atoms with Crippen LogP contribution in [0.5, 0.6) is 0 Å². The van der Waals surface area contributed by atoms with Crippen molar-refractivity contribution in [3.63, 3.8) is 0 Å². The van der Waals surface area contributed by atoms with E-state index < -0.39 is 12.2 Å². The molecule has 2 rings (SSSR count). The number of nitrogens with zero attached hydrogens (tertiary/aromatic N) is 2. The van der Waals surface area contributed by atoms with Gasteiger partial charge in [0, 0.05) is 25.7 Å². The molecular formula is C10H15N3O2. The molecular weight excluding hydrogens is 194 g/mol. The van der Waals surface area contributed by atoms with Crippen molar-refractivity contribution in [3.05, 3.63) is 18.5 Å². The maximum Gasteiger partial charge on any atom is 0.0740 e. The van der Waals surface area contributed by atoms with Gasteiger partial charge in [0.15, 0.2) is 0 Å². The van der Waals surface area contributed by atoms with E-state index in [0.29, 0.717) is 25.2 Å². The van der Waals surface area contributed by atoms with E-state index in [4.69, 9.17) is 5.73 Å². The first-order valence-electron chi connectivity index (χ1n) is 4.97. The lowest BCUT2D eigenvalue weighted by atomic mass is 10.1. The Morgan fingerprint density at radius 2 is 1.93 bits per heavy atom. The SMILES string of the molecule is Nc1cncc(N2CC(O)CC(O)C2)c1. The summed E-state index contributed by atoms with van der Waals surface area (Å²) in [7, 11) is 0. The highest BCUT2D eigenvalue weighted by Gasteiger charge is 2.24. The van der Waals surface area contributed by atoms with Gasteiger partial charge in [-0.05, 0) is 6.07 Å². The van der Waals surface area contributed by atoms with Crippen molar-refractivity contribution in [3.8, 4) is 0 Å². The summed E-state index contributed by atoms with van der Waals surface area (Å²) < 4.78 is 0. The summed E-state index contributed by atoms with van der Waals surface area (Å²) in [6, 6.07) is 1.79. The molecule has 1 saturated heterocycles. The van der Waals surface area contributed by atoms with Crippen molar-refractivity contribution >= 4 is 11.4 Å². The van der Waals surface area contributed by atoms with Crippen LogP contribution in [0.25, 0.3) is 0 Å². The van der Waals surface area contributed by atoms with Crippen LogP contribution in [0, 0.1) is 0 Å². The van der Waals surface area contributed by atoms with Gasteiger partial charge in [-0.1, -0.05) is 0 Å². The van der Waals surface area contributed by atoms with E-state index in [0.717, 1.165) is 5.69 Å². The number of aliphatic hydroxyl groups is 2. The molecule has 0 aromatic carbocycles. The van der Waals surface area contributed by atoms with Crippen molar-refractivity contribution in [1.82, 2.24) is 4.98 Å². The molecule has 0 aliphatic carbocycles. The lowest BCUT2D eigenvalue weighted by Gasteiger charge is -2.34. The third-order valence-corrected chi connectivity index (χ3v) is 2.52. The third kappa shape index (κ3) is 2.37. The van der Waals surface area contributed by atoms with Crippen molar-refractivity contribution in [2.75, 3.05) is 23.7 Å². The van der Waals surface area contributed by atoms with Gasteiger partial charge in [-0.3, -0.25) is 4.98 Å². The molecule has 0 spiro atoms. The maximum atomic E-state index is 9.53. The first kappa shape index (κ1) is 10.2. The number of hydrogen-bond acceptors (Lipinski definition) is 5. The normalized spacial score (nSPS) is 26.7. The molecule has 0 amide bonds. The highest BCUT2D eigenvalue weighted by molar-refractivity contribution is 5.53. The molecule has 2 heterocycles. The van der Waals surface area contributed by atoms with Crippen LogP contribution in [0.3, 0.4) is 0 Å². The van der Waals surface area contributed by atoms with E-state index in [1.165, 1.54) is 0 Å². The second-order valence-corrected chi connectivity index (χ2v) is 3.92. The van der Waals surface area contributed by atoms with E-state index in [1.807, 2.05) is 4.90 Å². The number of β-amino-alcohol motifs (C(OH)–C–C–N with tert-alkyl or cyclic N) is 2. The Kier molecular flexibility index (Phi) is 2.75. The zero-order valence-corrected chi connectivity index (χ0v) is 8.37. The molecule has 1 aromatic heterocycles. The van der Waals surface area contributed by atoms with Crippen molar-refractivity contribution in [2.24, 2.45) is 0 Å². The van der Waals surface area contributed by atoms with E-state index >= 15 is 0 Å². The number of anilines is 2. The number of piperidine rings is 1. The van der Waals surface area contributed by atoms with Crippen LogP contribution < -0.4 is 10.6 Å². The predicted octanol–water partition coefficient (Wildman–Crippen LogP) is -0.404. The Hall–Kier alpha value is -1.33. The van der Waals surface area contributed by atoms with Gasteiger partial charge in [0.05, 0.1) is 29.8 Å². The van der Waals surface area contributed by atoms with Gasteiger partial charge in [0.25, 0.3) is 0 Å². The zero-order chi connectivity index (χ0) is 10.8. The van der Waals surface area contributed by atoms with Crippen LogP contribution in [0.4, 0.5) is 11.4 Å². The Balaban J connectivity index is 2.16. The standard InChI is InChI=1S/C10H15N3O2/c11-7-1-8(4-12-3-7)13-5-9(14)2-10(15)6-13/h1,3-4,9-10,14-15H,2,5-6,11H2. The topological polar surface area (TPSA) is 82.6 Å². The van der Waals surface area contributed by atoms with E-state index in [2.05, 4.69) is 4.98 Å². The predicted molar refractivity (Wildman–Crippen MR) is 57.5 cm³/mol. The molecule has 1 aliphatic heterocycles. The van der Waals surface area contributed by atoms with Gasteiger partial charge in [-0.2, -0.15) is 0 Å². The fraction of sp³-hybridized carbons (Fsp3) is 0.500. The van der Waals surface area contributed by atoms with E-state index in [-0.39, 0.29) is 0 Å². The molecule has 2 atom stereocenters. The zero-order valence-electron chi connectivity index (χ0n) is 8.37. The minimum atomic E-state index is -0.491. The minimum absolute atomic E-state index is 0.437. The molecule has 5 nitrogen and oxygen atoms in total. The number of aromatic nitrogens is 1. The monoisotopic (exact) mass is 209 g/mol. The Morgan fingerprint density at radius 1 is 1.27 bits per heavy atom. The summed E-state index contributed by atoms with van der Waals surface area (Å²) in [5.41, 5.74) is 7.05. The summed E-state index contributed by atoms with van der Waals surface area (Å²) in [4.78, 5) is 5.87. The maximum absolute atomic E-state index is 9.53. The van der Waals surface area contributed by atoms with Gasteiger partial charge in [-0.15, -0.1) is 0 Å². The fourth-order valence-electron chi connectivity index (χ4n) is 1.88. The summed E-state index contributed by atoms with van der Waals surface area (Å²) in [5, 5.41) is 19.1. The second kappa shape index (κ2) is 4.04. The Labute approximate surface area is 88.2 Å². The highest BCUT2D eigenvalue weighted by Crippen LogP contribution is 2.20. The molecule has 0 saturated carbocycles. The molecule has 4 N–H and O–H groups in total. The number of pyridine rings is 1. The Morgan fingerprint density at radius 3 is 2.53 bits per heavy atom. The third-order valence-electron chi connectivity index (χ3n) is 2.52. The molecule has 5 heteroatoms. The van der Waals surface area contributed by atoms with Gasteiger partial charge in [-0.25, -0.2) is 0 Å². The average Bonchev–Trinajstić information content (AvgIpc) is 2.16. The van der Waals surface area contributed by atoms with Crippen LogP contribution in [-0.4, -0.2) is 40.5 Å². The molecule has 0 bridgehead atoms. The molecule has 82 valence electrons. The second-order valence-electron chi connectivity index (χ2n) is 3.92. The van der Waals surface area contributed by atoms with Crippen molar-refractivity contribution in [1.29, 1.82) is 0 Å². The van der Waals surface area contributed by atoms with Crippen LogP contribution >= 0.6 is 0 Å². The van der Waals surface area contributed by atoms with Gasteiger partial charge < -0.3 is 20.8 Å². The molecule has 1 fully saturated rings. The van der Waals surface area contributed by atoms with Gasteiger partial charge >= 0.3 is 0 Å². The first-order chi connectivity index (χ1) is 7.15. The van der Waals surface area contributed by atoms with Crippen LogP contribution in [0.2, 0.25) is 0 Å². The minimum Gasteiger partial charge on any atom is -0.397 e. The number of nitrogen functional groups attached to an aromatic ring is 1. The fourth-order valence-corrected chi connectivity index (χ4v) is 1.88. The molecule has 1 aliphatic rings. The number of nitrogens with two attached hydrogens (primary N) is 1. The molecule has 1 aromatic rings. The summed E-state index contributed by atoms with van der Waals surface area (Å²) in [6.45, 7) is 1.03. The number of rotatable bonds is 1. The molecule has 2 unspecified atom stereocenters. The van der Waals surface area contributed by atoms with E-state index in [9.17, 15) is 10.2 Å². The molecule has 15 heavy (non-hydrogen) atoms. The van der Waals surface area contributed by atoms with Crippen LogP contribution in [0.1, 0.15) is 6.42 Å². The van der Waals surface area contributed by atoms with Crippen LogP contribution in [0.15, 0.2) is 18.5 Å². The first-order valence-corrected chi connectivity index (χ1v) is 4.97. The summed E-state index contributed by atoms with van der Waals surface area (Å²) >= 11 is 0. The Bertz CT molecular complexity index is 335. The van der Waals surface area contributed by atoms with Crippen LogP contribution in [-0.2, 0) is 0 Å². The average molecular weight is 209 g/mol. The quantitative estimate of drug-likeness (QED) is 0.586. The molecule has 0 radical (unpaired) electrons. The number of aliphatic hydroxyl groups excluding tert-OH is 2. The number of hydrogen-bond donors (Lipinski definition) is 3. The van der Waals surface area contributed by atoms with E-state index in [1.54, 1.807) is 18.5 Å².